The quantitative estimate of drug-likeness (QED) is 0.858. The molecule has 1 aromatic heterocycles. The summed E-state index contributed by atoms with van der Waals surface area (Å²) in [4.78, 5) is 14.4. The second-order valence-corrected chi connectivity index (χ2v) is 3.95. The van der Waals surface area contributed by atoms with Crippen molar-refractivity contribution in [2.24, 2.45) is 0 Å². The van der Waals surface area contributed by atoms with E-state index in [1.54, 1.807) is 0 Å². The van der Waals surface area contributed by atoms with Crippen LogP contribution in [0, 0.1) is 5.82 Å². The van der Waals surface area contributed by atoms with Crippen LogP contribution in [0.5, 0.6) is 0 Å². The van der Waals surface area contributed by atoms with Crippen LogP contribution in [0.4, 0.5) is 17.6 Å². The Hall–Kier alpha value is -2.44. The molecule has 0 aliphatic carbocycles. The van der Waals surface area contributed by atoms with Crippen molar-refractivity contribution in [3.8, 4) is 11.1 Å². The molecule has 20 heavy (non-hydrogen) atoms. The van der Waals surface area contributed by atoms with Gasteiger partial charge in [0.1, 0.15) is 5.82 Å². The molecule has 3 nitrogen and oxygen atoms in total. The van der Waals surface area contributed by atoms with E-state index in [-0.39, 0.29) is 11.1 Å². The molecule has 104 valence electrons. The minimum Gasteiger partial charge on any atom is -0.478 e. The van der Waals surface area contributed by atoms with Gasteiger partial charge in [0.05, 0.1) is 11.1 Å². The number of hydrogen-bond acceptors (Lipinski definition) is 2. The fraction of sp³-hybridized carbons (Fsp3) is 0.0769. The van der Waals surface area contributed by atoms with E-state index < -0.39 is 29.1 Å². The molecule has 2 rings (SSSR count). The molecule has 0 atom stereocenters. The van der Waals surface area contributed by atoms with E-state index >= 15 is 0 Å². The number of carbonyl (C=O) groups is 1. The standard InChI is InChI=1S/C13H7F4NO2/c14-9-4-7(3-8(5-9)12(19)20)10-6-18-2-1-11(10)13(15,16)17/h1-6H,(H,19,20). The summed E-state index contributed by atoms with van der Waals surface area (Å²) in [6, 6.07) is 3.28. The molecule has 0 bridgehead atoms. The van der Waals surface area contributed by atoms with Crippen molar-refractivity contribution in [3.63, 3.8) is 0 Å². The zero-order valence-corrected chi connectivity index (χ0v) is 9.78. The highest BCUT2D eigenvalue weighted by Gasteiger charge is 2.33. The van der Waals surface area contributed by atoms with Crippen molar-refractivity contribution in [3.05, 3.63) is 53.6 Å². The second kappa shape index (κ2) is 4.92. The first-order chi connectivity index (χ1) is 9.29. The number of pyridine rings is 1. The summed E-state index contributed by atoms with van der Waals surface area (Å²) in [5, 5.41) is 8.81. The SMILES string of the molecule is O=C(O)c1cc(F)cc(-c2cnccc2C(F)(F)F)c1. The molecular weight excluding hydrogens is 278 g/mol. The summed E-state index contributed by atoms with van der Waals surface area (Å²) >= 11 is 0. The molecule has 0 aliphatic heterocycles. The average Bonchev–Trinajstić information content (AvgIpc) is 2.37. The van der Waals surface area contributed by atoms with E-state index in [0.717, 1.165) is 36.7 Å². The minimum atomic E-state index is -4.64. The number of aromatic nitrogens is 1. The Morgan fingerprint density at radius 2 is 1.90 bits per heavy atom. The number of nitrogens with zero attached hydrogens (tertiary/aromatic N) is 1. The molecule has 0 aliphatic rings. The van der Waals surface area contributed by atoms with Crippen molar-refractivity contribution in [2.45, 2.75) is 6.18 Å². The largest absolute Gasteiger partial charge is 0.478 e. The number of aromatic carboxylic acids is 1. The van der Waals surface area contributed by atoms with Crippen LogP contribution in [0.2, 0.25) is 0 Å². The van der Waals surface area contributed by atoms with Gasteiger partial charge in [0.15, 0.2) is 0 Å². The fourth-order valence-corrected chi connectivity index (χ4v) is 1.74. The van der Waals surface area contributed by atoms with Gasteiger partial charge in [-0.1, -0.05) is 0 Å². The predicted molar refractivity (Wildman–Crippen MR) is 61.6 cm³/mol. The predicted octanol–water partition coefficient (Wildman–Crippen LogP) is 3.60. The smallest absolute Gasteiger partial charge is 0.417 e. The van der Waals surface area contributed by atoms with Gasteiger partial charge in [0.2, 0.25) is 0 Å². The van der Waals surface area contributed by atoms with Crippen molar-refractivity contribution in [2.75, 3.05) is 0 Å². The van der Waals surface area contributed by atoms with Crippen molar-refractivity contribution in [1.29, 1.82) is 0 Å². The molecule has 0 radical (unpaired) electrons. The van der Waals surface area contributed by atoms with Gasteiger partial charge in [-0.2, -0.15) is 13.2 Å². The topological polar surface area (TPSA) is 50.2 Å². The zero-order valence-electron chi connectivity index (χ0n) is 9.78. The first-order valence-electron chi connectivity index (χ1n) is 5.34. The third-order valence-corrected chi connectivity index (χ3v) is 2.58. The Bertz CT molecular complexity index is 668. The summed E-state index contributed by atoms with van der Waals surface area (Å²) in [6.07, 6.45) is -2.76. The normalized spacial score (nSPS) is 11.4. The molecule has 1 heterocycles. The molecule has 0 fully saturated rings. The molecule has 2 aromatic rings. The number of carboxylic acids is 1. The highest BCUT2D eigenvalue weighted by molar-refractivity contribution is 5.89. The molecule has 0 unspecified atom stereocenters. The summed E-state index contributed by atoms with van der Waals surface area (Å²) in [7, 11) is 0. The van der Waals surface area contributed by atoms with E-state index in [9.17, 15) is 22.4 Å². The summed E-state index contributed by atoms with van der Waals surface area (Å²) in [5.41, 5.74) is -2.00. The van der Waals surface area contributed by atoms with Gasteiger partial charge in [-0.25, -0.2) is 9.18 Å². The molecule has 0 saturated heterocycles. The Morgan fingerprint density at radius 3 is 2.50 bits per heavy atom. The van der Waals surface area contributed by atoms with Gasteiger partial charge in [0.25, 0.3) is 0 Å². The maximum atomic E-state index is 13.3. The van der Waals surface area contributed by atoms with Crippen LogP contribution >= 0.6 is 0 Å². The third-order valence-electron chi connectivity index (χ3n) is 2.58. The van der Waals surface area contributed by atoms with E-state index in [2.05, 4.69) is 4.98 Å². The monoisotopic (exact) mass is 285 g/mol. The van der Waals surface area contributed by atoms with Crippen LogP contribution in [0.25, 0.3) is 11.1 Å². The van der Waals surface area contributed by atoms with Gasteiger partial charge in [-0.05, 0) is 29.8 Å². The first kappa shape index (κ1) is 14.0. The van der Waals surface area contributed by atoms with Gasteiger partial charge < -0.3 is 5.11 Å². The van der Waals surface area contributed by atoms with Gasteiger partial charge >= 0.3 is 12.1 Å². The Morgan fingerprint density at radius 1 is 1.20 bits per heavy atom. The van der Waals surface area contributed by atoms with Crippen LogP contribution in [-0.2, 0) is 6.18 Å². The highest BCUT2D eigenvalue weighted by Crippen LogP contribution is 2.36. The van der Waals surface area contributed by atoms with Gasteiger partial charge in [-0.15, -0.1) is 0 Å². The van der Waals surface area contributed by atoms with Crippen LogP contribution < -0.4 is 0 Å². The van der Waals surface area contributed by atoms with Crippen molar-refractivity contribution >= 4 is 5.97 Å². The number of halogens is 4. The summed E-state index contributed by atoms with van der Waals surface area (Å²) in [5.74, 6) is -2.36. The van der Waals surface area contributed by atoms with Crippen LogP contribution in [0.15, 0.2) is 36.7 Å². The molecule has 1 aromatic carbocycles. The van der Waals surface area contributed by atoms with Crippen molar-refractivity contribution < 1.29 is 27.5 Å². The lowest BCUT2D eigenvalue weighted by molar-refractivity contribution is -0.137. The second-order valence-electron chi connectivity index (χ2n) is 3.95. The number of carboxylic acid groups (broad SMARTS) is 1. The van der Waals surface area contributed by atoms with Crippen molar-refractivity contribution in [1.82, 2.24) is 4.98 Å². The lowest BCUT2D eigenvalue weighted by Gasteiger charge is -2.12. The Kier molecular flexibility index (Phi) is 3.44. The van der Waals surface area contributed by atoms with Crippen LogP contribution in [0.1, 0.15) is 15.9 Å². The number of rotatable bonds is 2. The number of hydrogen-bond donors (Lipinski definition) is 1. The summed E-state index contributed by atoms with van der Waals surface area (Å²) < 4.78 is 51.9. The lowest BCUT2D eigenvalue weighted by Crippen LogP contribution is -2.08. The third kappa shape index (κ3) is 2.76. The minimum absolute atomic E-state index is 0.192. The van der Waals surface area contributed by atoms with Crippen LogP contribution in [0.3, 0.4) is 0 Å². The maximum absolute atomic E-state index is 13.3. The van der Waals surface area contributed by atoms with E-state index in [1.807, 2.05) is 0 Å². The zero-order chi connectivity index (χ0) is 14.9. The molecule has 1 N–H and O–H groups in total. The first-order valence-corrected chi connectivity index (χ1v) is 5.34. The number of alkyl halides is 3. The molecule has 0 amide bonds. The molecular formula is C13H7F4NO2. The average molecular weight is 285 g/mol. The molecule has 7 heteroatoms. The molecule has 0 saturated carbocycles. The highest BCUT2D eigenvalue weighted by atomic mass is 19.4. The van der Waals surface area contributed by atoms with E-state index in [4.69, 9.17) is 5.11 Å². The Labute approximate surface area is 110 Å². The summed E-state index contributed by atoms with van der Waals surface area (Å²) in [6.45, 7) is 0. The molecule has 0 spiro atoms. The fourth-order valence-electron chi connectivity index (χ4n) is 1.74. The lowest BCUT2D eigenvalue weighted by atomic mass is 9.99. The van der Waals surface area contributed by atoms with E-state index in [1.165, 1.54) is 0 Å². The number of benzene rings is 1. The Balaban J connectivity index is 2.66. The maximum Gasteiger partial charge on any atom is 0.417 e. The van der Waals surface area contributed by atoms with E-state index in [0.29, 0.717) is 0 Å². The van der Waals surface area contributed by atoms with Gasteiger partial charge in [0, 0.05) is 18.0 Å². The van der Waals surface area contributed by atoms with Gasteiger partial charge in [-0.3, -0.25) is 4.98 Å². The van der Waals surface area contributed by atoms with Crippen LogP contribution in [-0.4, -0.2) is 16.1 Å².